The number of hydrogen-bond acceptors (Lipinski definition) is 6. The predicted octanol–water partition coefficient (Wildman–Crippen LogP) is 6.23. The van der Waals surface area contributed by atoms with Gasteiger partial charge in [-0.1, -0.05) is 0 Å². The van der Waals surface area contributed by atoms with E-state index in [4.69, 9.17) is 18.9 Å². The molecule has 0 N–H and O–H groups in total. The van der Waals surface area contributed by atoms with Crippen molar-refractivity contribution in [2.24, 2.45) is 47.3 Å². The fraction of sp³-hybridized carbons (Fsp3) is 0.650. The summed E-state index contributed by atoms with van der Waals surface area (Å²) in [4.78, 5) is 25.9. The first-order valence-corrected chi connectivity index (χ1v) is 20.5. The Balaban J connectivity index is 0.820. The van der Waals surface area contributed by atoms with Gasteiger partial charge in [-0.3, -0.25) is 0 Å². The summed E-state index contributed by atoms with van der Waals surface area (Å²) in [6.07, 6.45) is 12.5. The Labute approximate surface area is 290 Å². The van der Waals surface area contributed by atoms with E-state index in [1.165, 1.54) is 71.4 Å². The summed E-state index contributed by atoms with van der Waals surface area (Å²) >= 11 is -0.637. The molecule has 0 amide bonds. The molecule has 2 aromatic rings. The molecule has 10 rings (SSSR count). The van der Waals surface area contributed by atoms with Gasteiger partial charge in [0.25, 0.3) is 0 Å². The van der Waals surface area contributed by atoms with Crippen LogP contribution in [0, 0.1) is 61.2 Å². The molecule has 252 valence electrons. The molecule has 0 saturated heterocycles. The molecule has 6 nitrogen and oxygen atoms in total. The summed E-state index contributed by atoms with van der Waals surface area (Å²) < 4.78 is 27.0. The van der Waals surface area contributed by atoms with Gasteiger partial charge in [0.15, 0.2) is 0 Å². The zero-order valence-corrected chi connectivity index (χ0v) is 30.8. The van der Waals surface area contributed by atoms with Gasteiger partial charge in [-0.05, 0) is 12.8 Å². The number of hydrogen-bond donors (Lipinski definition) is 0. The average molecular weight is 754 g/mol. The van der Waals surface area contributed by atoms with Crippen molar-refractivity contribution in [3.05, 3.63) is 47.5 Å². The van der Waals surface area contributed by atoms with Crippen molar-refractivity contribution in [2.75, 3.05) is 13.2 Å². The second kappa shape index (κ2) is 12.3. The van der Waals surface area contributed by atoms with Gasteiger partial charge in [0.2, 0.25) is 0 Å². The third-order valence-corrected chi connectivity index (χ3v) is 16.2. The average Bonchev–Trinajstić information content (AvgIpc) is 3.01. The van der Waals surface area contributed by atoms with Crippen molar-refractivity contribution in [1.82, 2.24) is 0 Å². The van der Waals surface area contributed by atoms with Crippen molar-refractivity contribution >= 4 is 40.1 Å². The molecule has 0 radical (unpaired) electrons. The molecule has 8 aliphatic carbocycles. The molecule has 8 bridgehead atoms. The van der Waals surface area contributed by atoms with Crippen LogP contribution in [-0.2, 0) is 19.1 Å². The number of benzene rings is 2. The Morgan fingerprint density at radius 3 is 1.26 bits per heavy atom. The van der Waals surface area contributed by atoms with Crippen molar-refractivity contribution in [2.45, 2.75) is 103 Å². The Morgan fingerprint density at radius 2 is 0.936 bits per heavy atom. The van der Waals surface area contributed by atoms with Gasteiger partial charge in [0.1, 0.15) is 0 Å². The molecule has 0 aromatic heterocycles. The van der Waals surface area contributed by atoms with Crippen LogP contribution < -0.4 is 16.7 Å². The molecule has 47 heavy (non-hydrogen) atoms. The number of carbonyl (C=O) groups excluding carboxylic acids is 2. The van der Waals surface area contributed by atoms with Gasteiger partial charge in [0, 0.05) is 0 Å². The summed E-state index contributed by atoms with van der Waals surface area (Å²) in [7, 11) is 0. The topological polar surface area (TPSA) is 71.1 Å². The van der Waals surface area contributed by atoms with E-state index in [1.807, 2.05) is 26.0 Å². The molecule has 0 spiro atoms. The van der Waals surface area contributed by atoms with Gasteiger partial charge in [-0.2, -0.15) is 0 Å². The van der Waals surface area contributed by atoms with Gasteiger partial charge in [-0.25, -0.2) is 0 Å². The summed E-state index contributed by atoms with van der Waals surface area (Å²) in [5.41, 5.74) is 1.41. The number of esters is 2. The first-order valence-electron chi connectivity index (χ1n) is 18.1. The fourth-order valence-corrected chi connectivity index (χ4v) is 14.1. The maximum absolute atomic E-state index is 13.0. The third kappa shape index (κ3) is 6.11. The predicted molar refractivity (Wildman–Crippen MR) is 181 cm³/mol. The van der Waals surface area contributed by atoms with Gasteiger partial charge in [-0.15, -0.1) is 0 Å². The van der Waals surface area contributed by atoms with Crippen LogP contribution in [0.15, 0.2) is 36.4 Å². The molecule has 2 aromatic carbocycles. The Hall–Kier alpha value is -2.23. The van der Waals surface area contributed by atoms with Crippen LogP contribution in [0.4, 0.5) is 0 Å². The SMILES string of the molecule is Cc1cc([Te]c2ccc(OCC(=O)OC3(C)C4CC5CC(C4)CC3C5)c(C)c2)ccc1OCC(=O)OC1(C)C2CC3CC(C2)CC1C3. The van der Waals surface area contributed by atoms with Crippen LogP contribution in [0.1, 0.15) is 89.2 Å². The number of ether oxygens (including phenoxy) is 4. The van der Waals surface area contributed by atoms with Crippen LogP contribution in [0.2, 0.25) is 0 Å². The zero-order chi connectivity index (χ0) is 32.5. The standard InChI is InChI=1S/C40H50O6Te/c1-23-9-33(5-7-35(23)43-21-37(41)45-39(3)29-13-25-11-26(15-29)16-30(39)14-25)47-34-6-8-36(24(2)10-34)44-22-38(42)46-40(4)31-17-27-12-28(19-31)20-32(40)18-27/h5-10,25-32H,11-22H2,1-4H3. The van der Waals surface area contributed by atoms with E-state index in [-0.39, 0.29) is 36.4 Å². The van der Waals surface area contributed by atoms with Crippen LogP contribution in [-0.4, -0.2) is 57.3 Å². The monoisotopic (exact) mass is 756 g/mol. The van der Waals surface area contributed by atoms with Crippen LogP contribution in [0.5, 0.6) is 11.5 Å². The summed E-state index contributed by atoms with van der Waals surface area (Å²) in [6.45, 7) is 8.35. The summed E-state index contributed by atoms with van der Waals surface area (Å²) in [5.74, 6) is 6.39. The van der Waals surface area contributed by atoms with E-state index < -0.39 is 20.9 Å². The number of carbonyl (C=O) groups is 2. The van der Waals surface area contributed by atoms with Crippen LogP contribution >= 0.6 is 0 Å². The molecule has 0 atom stereocenters. The van der Waals surface area contributed by atoms with Crippen LogP contribution in [0.3, 0.4) is 0 Å². The van der Waals surface area contributed by atoms with Crippen LogP contribution in [0.25, 0.3) is 0 Å². The number of aryl methyl sites for hydroxylation is 2. The second-order valence-corrected chi connectivity index (χ2v) is 19.7. The molecule has 8 fully saturated rings. The molecular weight excluding hydrogens is 704 g/mol. The molecule has 8 aliphatic rings. The molecular formula is C40H50O6Te. The van der Waals surface area contributed by atoms with Crippen molar-refractivity contribution in [3.8, 4) is 11.5 Å². The second-order valence-electron chi connectivity index (χ2n) is 16.5. The van der Waals surface area contributed by atoms with E-state index >= 15 is 0 Å². The zero-order valence-electron chi connectivity index (χ0n) is 28.4. The van der Waals surface area contributed by atoms with Crippen molar-refractivity contribution in [1.29, 1.82) is 0 Å². The van der Waals surface area contributed by atoms with E-state index in [1.54, 1.807) is 0 Å². The minimum atomic E-state index is -0.637. The van der Waals surface area contributed by atoms with Crippen molar-refractivity contribution < 1.29 is 28.5 Å². The van der Waals surface area contributed by atoms with Gasteiger partial charge < -0.3 is 0 Å². The first-order chi connectivity index (χ1) is 22.5. The third-order valence-electron chi connectivity index (χ3n) is 13.4. The number of rotatable bonds is 10. The quantitative estimate of drug-likeness (QED) is 0.212. The molecule has 8 saturated carbocycles. The van der Waals surface area contributed by atoms with E-state index in [2.05, 4.69) is 38.1 Å². The molecule has 0 unspecified atom stereocenters. The Morgan fingerprint density at radius 1 is 0.596 bits per heavy atom. The molecule has 7 heteroatoms. The Bertz CT molecular complexity index is 1380. The molecule has 0 aliphatic heterocycles. The van der Waals surface area contributed by atoms with Crippen molar-refractivity contribution in [3.63, 3.8) is 0 Å². The van der Waals surface area contributed by atoms with E-state index in [9.17, 15) is 9.59 Å². The summed E-state index contributed by atoms with van der Waals surface area (Å²) in [6, 6.07) is 12.6. The van der Waals surface area contributed by atoms with E-state index in [0.717, 1.165) is 46.3 Å². The minimum absolute atomic E-state index is 0.0473. The maximum atomic E-state index is 13.0. The van der Waals surface area contributed by atoms with E-state index in [0.29, 0.717) is 23.7 Å². The van der Waals surface area contributed by atoms with Gasteiger partial charge in [0.05, 0.1) is 0 Å². The fourth-order valence-electron chi connectivity index (χ4n) is 11.2. The normalized spacial score (nSPS) is 37.5. The molecule has 0 heterocycles. The summed E-state index contributed by atoms with van der Waals surface area (Å²) in [5, 5.41) is 0. The van der Waals surface area contributed by atoms with Gasteiger partial charge >= 0.3 is 278 Å². The Kier molecular flexibility index (Phi) is 8.36. The first kappa shape index (κ1) is 32.0.